The van der Waals surface area contributed by atoms with Crippen molar-refractivity contribution < 1.29 is 9.53 Å². The summed E-state index contributed by atoms with van der Waals surface area (Å²) in [5.41, 5.74) is 0.125. The molecule has 0 N–H and O–H groups in total. The molecule has 0 amide bonds. The Hall–Kier alpha value is -0.530. The summed E-state index contributed by atoms with van der Waals surface area (Å²) in [5.74, 6) is 0.493. The minimum atomic E-state index is -0.104. The predicted octanol–water partition coefficient (Wildman–Crippen LogP) is 3.65. The molecule has 0 saturated carbocycles. The van der Waals surface area contributed by atoms with Gasteiger partial charge in [0.2, 0.25) is 0 Å². The normalized spacial score (nSPS) is 16.3. The molecule has 0 rings (SSSR count). The topological polar surface area (TPSA) is 26.3 Å². The molecule has 0 aromatic heterocycles. The van der Waals surface area contributed by atoms with Crippen LogP contribution in [-0.2, 0) is 9.53 Å². The van der Waals surface area contributed by atoms with Crippen LogP contribution in [-0.4, -0.2) is 13.1 Å². The van der Waals surface area contributed by atoms with E-state index in [0.29, 0.717) is 12.3 Å². The van der Waals surface area contributed by atoms with Crippen LogP contribution in [0.25, 0.3) is 0 Å². The summed E-state index contributed by atoms with van der Waals surface area (Å²) >= 11 is 0. The molecule has 0 spiro atoms. The van der Waals surface area contributed by atoms with Crippen molar-refractivity contribution in [1.82, 2.24) is 0 Å². The Labute approximate surface area is 94.4 Å². The lowest BCUT2D eigenvalue weighted by atomic mass is 9.62. The zero-order chi connectivity index (χ0) is 12.3. The molecule has 1 unspecified atom stereocenters. The number of hydrogen-bond donors (Lipinski definition) is 0. The molecule has 0 bridgehead atoms. The Kier molecular flexibility index (Phi) is 4.82. The molecule has 0 aliphatic rings. The molecule has 2 nitrogen and oxygen atoms in total. The van der Waals surface area contributed by atoms with Crippen LogP contribution in [0.1, 0.15) is 54.4 Å². The van der Waals surface area contributed by atoms with Crippen LogP contribution in [0.2, 0.25) is 0 Å². The highest BCUT2D eigenvalue weighted by molar-refractivity contribution is 5.70. The lowest BCUT2D eigenvalue weighted by Gasteiger charge is -2.42. The smallest absolute Gasteiger partial charge is 0.306 e. The third-order valence-corrected chi connectivity index (χ3v) is 3.43. The van der Waals surface area contributed by atoms with Crippen LogP contribution in [0.15, 0.2) is 0 Å². The third-order valence-electron chi connectivity index (χ3n) is 3.43. The molecule has 0 radical (unpaired) electrons. The number of ether oxygens (including phenoxy) is 1. The van der Waals surface area contributed by atoms with Crippen molar-refractivity contribution in [2.75, 3.05) is 7.11 Å². The SMILES string of the molecule is COC(=O)CC(C)(CC(C)C)C(C)(C)C. The number of methoxy groups -OCH3 is 1. The second kappa shape index (κ2) is 5.00. The summed E-state index contributed by atoms with van der Waals surface area (Å²) in [6.07, 6.45) is 1.55. The molecule has 1 atom stereocenters. The molecule has 15 heavy (non-hydrogen) atoms. The van der Waals surface area contributed by atoms with Crippen molar-refractivity contribution in [3.05, 3.63) is 0 Å². The van der Waals surface area contributed by atoms with E-state index in [1.807, 2.05) is 0 Å². The van der Waals surface area contributed by atoms with Gasteiger partial charge in [0, 0.05) is 0 Å². The minimum absolute atomic E-state index is 0.00819. The maximum Gasteiger partial charge on any atom is 0.306 e. The Morgan fingerprint density at radius 1 is 1.20 bits per heavy atom. The van der Waals surface area contributed by atoms with E-state index in [4.69, 9.17) is 4.74 Å². The van der Waals surface area contributed by atoms with Gasteiger partial charge in [0.1, 0.15) is 0 Å². The van der Waals surface area contributed by atoms with Gasteiger partial charge >= 0.3 is 5.97 Å². The Morgan fingerprint density at radius 2 is 1.67 bits per heavy atom. The Morgan fingerprint density at radius 3 is 1.93 bits per heavy atom. The monoisotopic (exact) mass is 214 g/mol. The van der Waals surface area contributed by atoms with Gasteiger partial charge in [-0.25, -0.2) is 0 Å². The van der Waals surface area contributed by atoms with Gasteiger partial charge in [-0.3, -0.25) is 4.79 Å². The number of esters is 1. The zero-order valence-corrected chi connectivity index (χ0v) is 11.3. The van der Waals surface area contributed by atoms with Gasteiger partial charge in [0.05, 0.1) is 13.5 Å². The molecule has 0 heterocycles. The van der Waals surface area contributed by atoms with Gasteiger partial charge in [0.25, 0.3) is 0 Å². The van der Waals surface area contributed by atoms with E-state index in [1.54, 1.807) is 0 Å². The number of carbonyl (C=O) groups is 1. The van der Waals surface area contributed by atoms with Gasteiger partial charge in [-0.15, -0.1) is 0 Å². The molecule has 0 aromatic carbocycles. The second-order valence-electron chi connectivity index (χ2n) is 6.16. The summed E-state index contributed by atoms with van der Waals surface area (Å²) in [4.78, 5) is 11.4. The first-order valence-electron chi connectivity index (χ1n) is 5.69. The molecular weight excluding hydrogens is 188 g/mol. The fourth-order valence-corrected chi connectivity index (χ4v) is 1.94. The molecule has 0 aliphatic carbocycles. The van der Waals surface area contributed by atoms with Crippen molar-refractivity contribution in [2.45, 2.75) is 54.4 Å². The van der Waals surface area contributed by atoms with Gasteiger partial charge in [0.15, 0.2) is 0 Å². The van der Waals surface area contributed by atoms with Crippen LogP contribution in [0.5, 0.6) is 0 Å². The average Bonchev–Trinajstić information content (AvgIpc) is 2.00. The van der Waals surface area contributed by atoms with E-state index in [2.05, 4.69) is 41.5 Å². The van der Waals surface area contributed by atoms with Gasteiger partial charge < -0.3 is 4.74 Å². The van der Waals surface area contributed by atoms with Crippen LogP contribution < -0.4 is 0 Å². The standard InChI is InChI=1S/C13H26O2/c1-10(2)8-13(6,12(3,4)5)9-11(14)15-7/h10H,8-9H2,1-7H3. The van der Waals surface area contributed by atoms with E-state index < -0.39 is 0 Å². The van der Waals surface area contributed by atoms with Crippen LogP contribution in [0, 0.1) is 16.7 Å². The molecule has 2 heteroatoms. The van der Waals surface area contributed by atoms with Gasteiger partial charge in [-0.05, 0) is 23.2 Å². The molecule has 0 fully saturated rings. The third kappa shape index (κ3) is 4.23. The summed E-state index contributed by atoms with van der Waals surface area (Å²) < 4.78 is 4.78. The van der Waals surface area contributed by atoms with Gasteiger partial charge in [-0.2, -0.15) is 0 Å². The summed E-state index contributed by atoms with van der Waals surface area (Å²) in [6.45, 7) is 13.2. The highest BCUT2D eigenvalue weighted by Crippen LogP contribution is 2.46. The lowest BCUT2D eigenvalue weighted by Crippen LogP contribution is -2.36. The van der Waals surface area contributed by atoms with Crippen LogP contribution in [0.4, 0.5) is 0 Å². The van der Waals surface area contributed by atoms with Crippen molar-refractivity contribution >= 4 is 5.97 Å². The summed E-state index contributed by atoms with van der Waals surface area (Å²) in [7, 11) is 1.46. The summed E-state index contributed by atoms with van der Waals surface area (Å²) in [6, 6.07) is 0. The first-order chi connectivity index (χ1) is 6.62. The van der Waals surface area contributed by atoms with Crippen LogP contribution in [0.3, 0.4) is 0 Å². The largest absolute Gasteiger partial charge is 0.469 e. The Balaban J connectivity index is 4.78. The first-order valence-corrected chi connectivity index (χ1v) is 5.69. The van der Waals surface area contributed by atoms with Crippen molar-refractivity contribution in [2.24, 2.45) is 16.7 Å². The molecule has 0 aliphatic heterocycles. The summed E-state index contributed by atoms with van der Waals surface area (Å²) in [5, 5.41) is 0. The average molecular weight is 214 g/mol. The number of rotatable bonds is 4. The predicted molar refractivity (Wildman–Crippen MR) is 63.7 cm³/mol. The van der Waals surface area contributed by atoms with E-state index in [9.17, 15) is 4.79 Å². The number of hydrogen-bond acceptors (Lipinski definition) is 2. The van der Waals surface area contributed by atoms with Gasteiger partial charge in [-0.1, -0.05) is 41.5 Å². The second-order valence-corrected chi connectivity index (χ2v) is 6.16. The molecule has 0 aromatic rings. The lowest BCUT2D eigenvalue weighted by molar-refractivity contribution is -0.145. The molecule has 90 valence electrons. The maximum absolute atomic E-state index is 11.4. The number of carbonyl (C=O) groups excluding carboxylic acids is 1. The van der Waals surface area contributed by atoms with Crippen molar-refractivity contribution in [3.8, 4) is 0 Å². The first kappa shape index (κ1) is 14.5. The quantitative estimate of drug-likeness (QED) is 0.668. The fraction of sp³-hybridized carbons (Fsp3) is 0.923. The van der Waals surface area contributed by atoms with E-state index in [-0.39, 0.29) is 16.8 Å². The van der Waals surface area contributed by atoms with Crippen molar-refractivity contribution in [3.63, 3.8) is 0 Å². The van der Waals surface area contributed by atoms with E-state index in [1.165, 1.54) is 7.11 Å². The fourth-order valence-electron chi connectivity index (χ4n) is 1.94. The minimum Gasteiger partial charge on any atom is -0.469 e. The maximum atomic E-state index is 11.4. The zero-order valence-electron chi connectivity index (χ0n) is 11.3. The van der Waals surface area contributed by atoms with E-state index >= 15 is 0 Å². The van der Waals surface area contributed by atoms with Crippen LogP contribution >= 0.6 is 0 Å². The Bertz CT molecular complexity index is 213. The molecular formula is C13H26O2. The van der Waals surface area contributed by atoms with Crippen molar-refractivity contribution in [1.29, 1.82) is 0 Å². The molecule has 0 saturated heterocycles. The van der Waals surface area contributed by atoms with E-state index in [0.717, 1.165) is 6.42 Å². The highest BCUT2D eigenvalue weighted by atomic mass is 16.5. The highest BCUT2D eigenvalue weighted by Gasteiger charge is 2.39.